The number of fused-ring (bicyclic) bond motifs is 1. The Morgan fingerprint density at radius 2 is 2.36 bits per heavy atom. The number of hydrogen-bond acceptors (Lipinski definition) is 4. The van der Waals surface area contributed by atoms with Crippen molar-refractivity contribution in [1.29, 1.82) is 0 Å². The Labute approximate surface area is 80.8 Å². The maximum atomic E-state index is 11.2. The Kier molecular flexibility index (Phi) is 1.96. The first kappa shape index (κ1) is 8.74. The maximum Gasteiger partial charge on any atom is 0.338 e. The molecule has 0 fully saturated rings. The molecule has 72 valence electrons. The Balaban J connectivity index is 2.51. The third kappa shape index (κ3) is 1.25. The van der Waals surface area contributed by atoms with Gasteiger partial charge in [-0.25, -0.2) is 4.79 Å². The topological polar surface area (TPSA) is 58.9 Å². The van der Waals surface area contributed by atoms with Crippen molar-refractivity contribution in [1.82, 2.24) is 0 Å². The highest BCUT2D eigenvalue weighted by molar-refractivity contribution is 5.92. The molecule has 2 rings (SSSR count). The van der Waals surface area contributed by atoms with Crippen LogP contribution in [0.1, 0.15) is 15.9 Å². The summed E-state index contributed by atoms with van der Waals surface area (Å²) < 4.78 is 4.55. The van der Waals surface area contributed by atoms with Gasteiger partial charge in [0, 0.05) is 18.2 Å². The van der Waals surface area contributed by atoms with Crippen molar-refractivity contribution in [2.45, 2.75) is 6.42 Å². The molecule has 0 saturated heterocycles. The molecule has 0 radical (unpaired) electrons. The van der Waals surface area contributed by atoms with Crippen molar-refractivity contribution in [2.24, 2.45) is 4.99 Å². The number of nitrogens with zero attached hydrogens (tertiary/aromatic N) is 1. The first-order valence-corrected chi connectivity index (χ1v) is 4.19. The number of phenolic OH excluding ortho intramolecular Hbond substituents is 1. The first-order valence-electron chi connectivity index (χ1n) is 4.19. The van der Waals surface area contributed by atoms with Crippen LogP contribution < -0.4 is 0 Å². The summed E-state index contributed by atoms with van der Waals surface area (Å²) in [4.78, 5) is 15.2. The molecule has 0 aromatic heterocycles. The predicted molar refractivity (Wildman–Crippen MR) is 51.3 cm³/mol. The summed E-state index contributed by atoms with van der Waals surface area (Å²) in [5.41, 5.74) is 1.73. The molecule has 4 nitrogen and oxygen atoms in total. The van der Waals surface area contributed by atoms with E-state index in [0.29, 0.717) is 17.7 Å². The smallest absolute Gasteiger partial charge is 0.338 e. The van der Waals surface area contributed by atoms with E-state index >= 15 is 0 Å². The summed E-state index contributed by atoms with van der Waals surface area (Å²) in [5.74, 6) is -0.370. The van der Waals surface area contributed by atoms with E-state index < -0.39 is 5.97 Å². The van der Waals surface area contributed by atoms with Gasteiger partial charge in [0.2, 0.25) is 0 Å². The molecule has 0 spiro atoms. The summed E-state index contributed by atoms with van der Waals surface area (Å²) >= 11 is 0. The number of carbonyl (C=O) groups excluding carboxylic acids is 1. The van der Waals surface area contributed by atoms with Crippen molar-refractivity contribution in [3.8, 4) is 5.75 Å². The van der Waals surface area contributed by atoms with Crippen LogP contribution in [-0.4, -0.2) is 24.4 Å². The molecule has 0 unspecified atom stereocenters. The van der Waals surface area contributed by atoms with E-state index in [2.05, 4.69) is 9.73 Å². The lowest BCUT2D eigenvalue weighted by Crippen LogP contribution is -2.01. The summed E-state index contributed by atoms with van der Waals surface area (Å²) in [6, 6.07) is 3.02. The lowest BCUT2D eigenvalue weighted by atomic mass is 10.1. The van der Waals surface area contributed by atoms with Gasteiger partial charge in [-0.1, -0.05) is 0 Å². The molecule has 1 aromatic carbocycles. The monoisotopic (exact) mass is 191 g/mol. The fraction of sp³-hybridized carbons (Fsp3) is 0.200. The second-order valence-corrected chi connectivity index (χ2v) is 3.00. The lowest BCUT2D eigenvalue weighted by Gasteiger charge is -2.04. The zero-order valence-corrected chi connectivity index (χ0v) is 7.65. The van der Waals surface area contributed by atoms with E-state index in [-0.39, 0.29) is 5.75 Å². The molecule has 0 saturated carbocycles. The second-order valence-electron chi connectivity index (χ2n) is 3.00. The molecule has 1 aliphatic heterocycles. The van der Waals surface area contributed by atoms with Gasteiger partial charge in [0.15, 0.2) is 0 Å². The lowest BCUT2D eigenvalue weighted by molar-refractivity contribution is 0.0600. The van der Waals surface area contributed by atoms with Gasteiger partial charge in [-0.15, -0.1) is 0 Å². The molecule has 1 N–H and O–H groups in total. The average Bonchev–Trinajstić information content (AvgIpc) is 2.64. The van der Waals surface area contributed by atoms with Crippen molar-refractivity contribution in [2.75, 3.05) is 7.11 Å². The van der Waals surface area contributed by atoms with Gasteiger partial charge in [0.1, 0.15) is 5.75 Å². The van der Waals surface area contributed by atoms with Crippen LogP contribution in [0.4, 0.5) is 5.69 Å². The highest BCUT2D eigenvalue weighted by Gasteiger charge is 2.16. The number of ether oxygens (including phenoxy) is 1. The number of phenols is 1. The molecule has 0 amide bonds. The number of esters is 1. The van der Waals surface area contributed by atoms with Crippen LogP contribution in [0, 0.1) is 0 Å². The van der Waals surface area contributed by atoms with Gasteiger partial charge in [-0.3, -0.25) is 4.99 Å². The van der Waals surface area contributed by atoms with Crippen molar-refractivity contribution >= 4 is 17.9 Å². The number of hydrogen-bond donors (Lipinski definition) is 1. The molecule has 0 atom stereocenters. The van der Waals surface area contributed by atoms with Gasteiger partial charge < -0.3 is 9.84 Å². The number of methoxy groups -OCH3 is 1. The van der Waals surface area contributed by atoms with Crippen LogP contribution >= 0.6 is 0 Å². The van der Waals surface area contributed by atoms with Crippen LogP contribution in [0.5, 0.6) is 5.75 Å². The Hall–Kier alpha value is -1.84. The molecule has 4 heteroatoms. The molecule has 14 heavy (non-hydrogen) atoms. The standard InChI is InChI=1S/C10H9NO3/c1-14-10(13)6-4-8-7(2-3-11-8)9(12)5-6/h3-5,12H,2H2,1H3. The second kappa shape index (κ2) is 3.14. The number of rotatable bonds is 1. The summed E-state index contributed by atoms with van der Waals surface area (Å²) in [6.07, 6.45) is 2.31. The van der Waals surface area contributed by atoms with Gasteiger partial charge in [-0.2, -0.15) is 0 Å². The molecular formula is C10H9NO3. The quantitative estimate of drug-likeness (QED) is 0.683. The van der Waals surface area contributed by atoms with Gasteiger partial charge in [0.25, 0.3) is 0 Å². The molecule has 1 aromatic rings. The highest BCUT2D eigenvalue weighted by Crippen LogP contribution is 2.33. The van der Waals surface area contributed by atoms with Gasteiger partial charge >= 0.3 is 5.97 Å². The minimum absolute atomic E-state index is 0.0976. The predicted octanol–water partition coefficient (Wildman–Crippen LogP) is 1.44. The molecule has 1 heterocycles. The third-order valence-electron chi connectivity index (χ3n) is 2.15. The minimum Gasteiger partial charge on any atom is -0.508 e. The zero-order valence-electron chi connectivity index (χ0n) is 7.65. The van der Waals surface area contributed by atoms with Crippen molar-refractivity contribution < 1.29 is 14.6 Å². The molecule has 1 aliphatic rings. The molecule has 0 bridgehead atoms. The first-order chi connectivity index (χ1) is 6.72. The fourth-order valence-electron chi connectivity index (χ4n) is 1.44. The fourth-order valence-corrected chi connectivity index (χ4v) is 1.44. The van der Waals surface area contributed by atoms with E-state index in [1.54, 1.807) is 12.3 Å². The van der Waals surface area contributed by atoms with Crippen LogP contribution in [0.2, 0.25) is 0 Å². The number of aliphatic imine (C=N–C) groups is 1. The maximum absolute atomic E-state index is 11.2. The zero-order chi connectivity index (χ0) is 10.1. The van der Waals surface area contributed by atoms with E-state index in [0.717, 1.165) is 5.56 Å². The number of benzene rings is 1. The minimum atomic E-state index is -0.467. The SMILES string of the molecule is COC(=O)c1cc(O)c2c(c1)N=CC2. The Morgan fingerprint density at radius 1 is 1.57 bits per heavy atom. The van der Waals surface area contributed by atoms with Crippen LogP contribution in [0.15, 0.2) is 17.1 Å². The Morgan fingerprint density at radius 3 is 3.07 bits per heavy atom. The van der Waals surface area contributed by atoms with Crippen LogP contribution in [0.3, 0.4) is 0 Å². The third-order valence-corrected chi connectivity index (χ3v) is 2.15. The van der Waals surface area contributed by atoms with Crippen molar-refractivity contribution in [3.05, 3.63) is 23.3 Å². The Bertz CT molecular complexity index is 424. The number of aromatic hydroxyl groups is 1. The highest BCUT2D eigenvalue weighted by atomic mass is 16.5. The van der Waals surface area contributed by atoms with Crippen LogP contribution in [0.25, 0.3) is 0 Å². The van der Waals surface area contributed by atoms with E-state index in [9.17, 15) is 9.90 Å². The summed E-state index contributed by atoms with van der Waals surface area (Å²) in [6.45, 7) is 0. The van der Waals surface area contributed by atoms with Gasteiger partial charge in [-0.05, 0) is 12.1 Å². The largest absolute Gasteiger partial charge is 0.508 e. The normalized spacial score (nSPS) is 12.6. The van der Waals surface area contributed by atoms with Crippen molar-refractivity contribution in [3.63, 3.8) is 0 Å². The summed E-state index contributed by atoms with van der Waals surface area (Å²) in [5, 5.41) is 9.57. The van der Waals surface area contributed by atoms with Crippen LogP contribution in [-0.2, 0) is 11.2 Å². The molecular weight excluding hydrogens is 182 g/mol. The number of carbonyl (C=O) groups is 1. The van der Waals surface area contributed by atoms with E-state index in [4.69, 9.17) is 0 Å². The summed E-state index contributed by atoms with van der Waals surface area (Å²) in [7, 11) is 1.30. The van der Waals surface area contributed by atoms with Gasteiger partial charge in [0.05, 0.1) is 18.4 Å². The average molecular weight is 191 g/mol. The molecule has 0 aliphatic carbocycles. The van der Waals surface area contributed by atoms with E-state index in [1.165, 1.54) is 13.2 Å². The van der Waals surface area contributed by atoms with E-state index in [1.807, 2.05) is 0 Å².